The molecule has 0 aromatic heterocycles. The Kier molecular flexibility index (Phi) is 7.32. The molecular weight excluding hydrogens is 456 g/mol. The smallest absolute Gasteiger partial charge is 0.261 e. The van der Waals surface area contributed by atoms with Crippen molar-refractivity contribution in [1.82, 2.24) is 9.80 Å². The third kappa shape index (κ3) is 5.14. The molecule has 1 saturated heterocycles. The van der Waals surface area contributed by atoms with Gasteiger partial charge in [0.15, 0.2) is 0 Å². The predicted octanol–water partition coefficient (Wildman–Crippen LogP) is 3.73. The first-order valence-corrected chi connectivity index (χ1v) is 12.5. The van der Waals surface area contributed by atoms with Crippen molar-refractivity contribution in [2.75, 3.05) is 39.9 Å². The third-order valence-electron chi connectivity index (χ3n) is 7.19. The van der Waals surface area contributed by atoms with Gasteiger partial charge in [-0.2, -0.15) is 0 Å². The monoisotopic (exact) mass is 488 g/mol. The minimum Gasteiger partial charge on any atom is -0.497 e. The second-order valence-electron chi connectivity index (χ2n) is 9.69. The lowest BCUT2D eigenvalue weighted by Gasteiger charge is -2.36. The van der Waals surface area contributed by atoms with Gasteiger partial charge in [0.25, 0.3) is 11.8 Å². The summed E-state index contributed by atoms with van der Waals surface area (Å²) in [6, 6.07) is 18.9. The minimum atomic E-state index is -0.575. The van der Waals surface area contributed by atoms with Gasteiger partial charge in [0.05, 0.1) is 26.4 Å². The molecule has 1 N–H and O–H groups in total. The number of ether oxygens (including phenoxy) is 2. The highest BCUT2D eigenvalue weighted by molar-refractivity contribution is 6.25. The van der Waals surface area contributed by atoms with E-state index in [1.165, 1.54) is 4.90 Å². The Balaban J connectivity index is 1.10. The molecule has 188 valence electrons. The number of nitrogens with zero attached hydrogens (tertiary/aromatic N) is 2. The highest BCUT2D eigenvalue weighted by atomic mass is 16.5. The summed E-state index contributed by atoms with van der Waals surface area (Å²) in [5, 5.41) is 12.1. The maximum Gasteiger partial charge on any atom is 0.261 e. The van der Waals surface area contributed by atoms with E-state index >= 15 is 0 Å². The van der Waals surface area contributed by atoms with E-state index in [1.54, 1.807) is 7.11 Å². The minimum absolute atomic E-state index is 0.199. The lowest BCUT2D eigenvalue weighted by Crippen LogP contribution is -2.46. The zero-order valence-electron chi connectivity index (χ0n) is 20.6. The van der Waals surface area contributed by atoms with E-state index in [2.05, 4.69) is 4.90 Å². The normalized spacial score (nSPS) is 17.6. The fraction of sp³-hybridized carbons (Fsp3) is 0.379. The predicted molar refractivity (Wildman–Crippen MR) is 137 cm³/mol. The molecule has 5 rings (SSSR count). The van der Waals surface area contributed by atoms with E-state index in [9.17, 15) is 14.7 Å². The average molecular weight is 489 g/mol. The number of piperidine rings is 1. The summed E-state index contributed by atoms with van der Waals surface area (Å²) >= 11 is 0. The Morgan fingerprint density at radius 3 is 2.31 bits per heavy atom. The van der Waals surface area contributed by atoms with Gasteiger partial charge in [-0.1, -0.05) is 36.4 Å². The lowest BCUT2D eigenvalue weighted by atomic mass is 9.91. The highest BCUT2D eigenvalue weighted by Crippen LogP contribution is 2.31. The van der Waals surface area contributed by atoms with Crippen molar-refractivity contribution < 1.29 is 24.2 Å². The Labute approximate surface area is 211 Å². The van der Waals surface area contributed by atoms with Crippen molar-refractivity contribution in [3.63, 3.8) is 0 Å². The van der Waals surface area contributed by atoms with Crippen molar-refractivity contribution in [2.45, 2.75) is 25.6 Å². The molecule has 0 spiro atoms. The second kappa shape index (κ2) is 10.8. The van der Waals surface area contributed by atoms with Gasteiger partial charge in [-0.25, -0.2) is 0 Å². The summed E-state index contributed by atoms with van der Waals surface area (Å²) in [6.07, 6.45) is 1.18. The molecule has 3 aromatic rings. The summed E-state index contributed by atoms with van der Waals surface area (Å²) in [7, 11) is 1.63. The van der Waals surface area contributed by atoms with Crippen LogP contribution in [0.2, 0.25) is 0 Å². The maximum absolute atomic E-state index is 13.2. The Morgan fingerprint density at radius 1 is 0.972 bits per heavy atom. The van der Waals surface area contributed by atoms with Crippen LogP contribution in [0.25, 0.3) is 10.8 Å². The number of aliphatic hydroxyl groups excluding tert-OH is 1. The van der Waals surface area contributed by atoms with Crippen molar-refractivity contribution in [3.8, 4) is 5.75 Å². The van der Waals surface area contributed by atoms with Crippen LogP contribution >= 0.6 is 0 Å². The number of likely N-dealkylation sites (tertiary alicyclic amines) is 1. The van der Waals surface area contributed by atoms with Crippen LogP contribution in [0, 0.1) is 5.92 Å². The molecule has 7 heteroatoms. The molecule has 2 heterocycles. The van der Waals surface area contributed by atoms with Gasteiger partial charge in [-0.15, -0.1) is 0 Å². The van der Waals surface area contributed by atoms with Gasteiger partial charge < -0.3 is 19.5 Å². The van der Waals surface area contributed by atoms with Gasteiger partial charge in [-0.3, -0.25) is 14.5 Å². The first-order valence-electron chi connectivity index (χ1n) is 12.5. The number of hydrogen-bond donors (Lipinski definition) is 1. The SMILES string of the molecule is COc1cccc(COCC(O)CN2CCC(CN3C(=O)c4cccc5cccc(c45)C3=O)CC2)c1. The van der Waals surface area contributed by atoms with Crippen molar-refractivity contribution in [2.24, 2.45) is 5.92 Å². The molecule has 36 heavy (non-hydrogen) atoms. The number of carbonyl (C=O) groups is 2. The standard InChI is InChI=1S/C29H32N2O5/c1-35-24-8-2-5-21(15-24)18-36-19-23(32)17-30-13-11-20(12-14-30)16-31-28(33)25-9-3-6-22-7-4-10-26(27(22)25)29(31)34/h2-10,15,20,23,32H,11-14,16-19H2,1H3. The molecule has 7 nitrogen and oxygen atoms in total. The number of methoxy groups -OCH3 is 1. The van der Waals surface area contributed by atoms with Crippen LogP contribution < -0.4 is 4.74 Å². The molecule has 0 aliphatic carbocycles. The van der Waals surface area contributed by atoms with E-state index in [0.717, 1.165) is 48.0 Å². The molecule has 0 radical (unpaired) electrons. The number of hydrogen-bond acceptors (Lipinski definition) is 6. The van der Waals surface area contributed by atoms with E-state index in [-0.39, 0.29) is 24.3 Å². The molecule has 3 aromatic carbocycles. The molecule has 1 atom stereocenters. The fourth-order valence-electron chi connectivity index (χ4n) is 5.28. The van der Waals surface area contributed by atoms with E-state index < -0.39 is 6.10 Å². The number of imide groups is 1. The Bertz CT molecular complexity index is 1200. The molecule has 2 aliphatic heterocycles. The molecule has 2 aliphatic rings. The number of benzene rings is 3. The number of rotatable bonds is 9. The first kappa shape index (κ1) is 24.4. The molecular formula is C29H32N2O5. The summed E-state index contributed by atoms with van der Waals surface area (Å²) in [5.74, 6) is 0.638. The maximum atomic E-state index is 13.2. The summed E-state index contributed by atoms with van der Waals surface area (Å²) in [6.45, 7) is 3.30. The lowest BCUT2D eigenvalue weighted by molar-refractivity contribution is 0.00357. The summed E-state index contributed by atoms with van der Waals surface area (Å²) in [4.78, 5) is 30.0. The van der Waals surface area contributed by atoms with Crippen LogP contribution in [0.15, 0.2) is 60.7 Å². The highest BCUT2D eigenvalue weighted by Gasteiger charge is 2.34. The van der Waals surface area contributed by atoms with Crippen molar-refractivity contribution in [1.29, 1.82) is 0 Å². The first-order chi connectivity index (χ1) is 17.5. The van der Waals surface area contributed by atoms with Gasteiger partial charge in [0.2, 0.25) is 0 Å². The van der Waals surface area contributed by atoms with Crippen LogP contribution in [-0.2, 0) is 11.3 Å². The van der Waals surface area contributed by atoms with Crippen LogP contribution in [0.5, 0.6) is 5.75 Å². The van der Waals surface area contributed by atoms with E-state index in [1.807, 2.05) is 60.7 Å². The van der Waals surface area contributed by atoms with Crippen LogP contribution in [-0.4, -0.2) is 72.7 Å². The average Bonchev–Trinajstić information content (AvgIpc) is 2.90. The number of β-amino-alcohol motifs (C(OH)–C–C–N with tert-alkyl or cyclic N) is 1. The van der Waals surface area contributed by atoms with Crippen LogP contribution in [0.1, 0.15) is 39.1 Å². The van der Waals surface area contributed by atoms with Crippen molar-refractivity contribution >= 4 is 22.6 Å². The fourth-order valence-corrected chi connectivity index (χ4v) is 5.28. The van der Waals surface area contributed by atoms with Crippen molar-refractivity contribution in [3.05, 3.63) is 77.4 Å². The Hall–Kier alpha value is -3.26. The van der Waals surface area contributed by atoms with Gasteiger partial charge >= 0.3 is 0 Å². The molecule has 0 saturated carbocycles. The zero-order valence-corrected chi connectivity index (χ0v) is 20.6. The van der Waals surface area contributed by atoms with Gasteiger partial charge in [0, 0.05) is 29.6 Å². The van der Waals surface area contributed by atoms with E-state index in [4.69, 9.17) is 9.47 Å². The van der Waals surface area contributed by atoms with Crippen LogP contribution in [0.3, 0.4) is 0 Å². The number of carbonyl (C=O) groups excluding carboxylic acids is 2. The Morgan fingerprint density at radius 2 is 1.64 bits per heavy atom. The molecule has 2 amide bonds. The topological polar surface area (TPSA) is 79.3 Å². The zero-order chi connectivity index (χ0) is 25.1. The number of amides is 2. The molecule has 1 unspecified atom stereocenters. The number of aliphatic hydroxyl groups is 1. The van der Waals surface area contributed by atoms with Gasteiger partial charge in [0.1, 0.15) is 5.75 Å². The van der Waals surface area contributed by atoms with Crippen LogP contribution in [0.4, 0.5) is 0 Å². The third-order valence-corrected chi connectivity index (χ3v) is 7.19. The molecule has 0 bridgehead atoms. The molecule has 1 fully saturated rings. The quantitative estimate of drug-likeness (QED) is 0.463. The van der Waals surface area contributed by atoms with Gasteiger partial charge in [-0.05, 0) is 67.1 Å². The van der Waals surface area contributed by atoms with E-state index in [0.29, 0.717) is 30.8 Å². The summed E-state index contributed by atoms with van der Waals surface area (Å²) in [5.41, 5.74) is 2.22. The second-order valence-corrected chi connectivity index (χ2v) is 9.69. The summed E-state index contributed by atoms with van der Waals surface area (Å²) < 4.78 is 10.9. The largest absolute Gasteiger partial charge is 0.497 e.